The average Bonchev–Trinajstić information content (AvgIpc) is 2.86. The van der Waals surface area contributed by atoms with Crippen LogP contribution >= 0.6 is 11.6 Å². The summed E-state index contributed by atoms with van der Waals surface area (Å²) in [7, 11) is 0. The van der Waals surface area contributed by atoms with Crippen LogP contribution in [0.1, 0.15) is 84.0 Å². The molecule has 0 radical (unpaired) electrons. The summed E-state index contributed by atoms with van der Waals surface area (Å²) in [5.41, 5.74) is 0.737. The molecule has 1 aromatic heterocycles. The van der Waals surface area contributed by atoms with E-state index in [1.54, 1.807) is 18.2 Å². The number of halogens is 2. The molecule has 3 rings (SSSR count). The SMILES string of the molecule is CCCCCCN(C(=O)CCCC)C(CC)c1nc2ccccc2c(=O)n1-c1ccc(F)c(Cl)c1. The zero-order valence-electron chi connectivity index (χ0n) is 20.9. The van der Waals surface area contributed by atoms with E-state index in [1.807, 2.05) is 17.9 Å². The fourth-order valence-corrected chi connectivity index (χ4v) is 4.60. The Morgan fingerprint density at radius 3 is 2.49 bits per heavy atom. The fourth-order valence-electron chi connectivity index (χ4n) is 4.42. The summed E-state index contributed by atoms with van der Waals surface area (Å²) >= 11 is 6.09. The largest absolute Gasteiger partial charge is 0.333 e. The molecule has 1 atom stereocenters. The highest BCUT2D eigenvalue weighted by Crippen LogP contribution is 2.28. The monoisotopic (exact) mass is 499 g/mol. The van der Waals surface area contributed by atoms with Crippen LogP contribution in [0.2, 0.25) is 5.02 Å². The minimum absolute atomic E-state index is 0.0706. The molecule has 0 N–H and O–H groups in total. The van der Waals surface area contributed by atoms with E-state index in [-0.39, 0.29) is 16.5 Å². The van der Waals surface area contributed by atoms with Gasteiger partial charge >= 0.3 is 0 Å². The minimum Gasteiger partial charge on any atom is -0.333 e. The van der Waals surface area contributed by atoms with Gasteiger partial charge in [0.15, 0.2) is 0 Å². The van der Waals surface area contributed by atoms with Gasteiger partial charge in [-0.2, -0.15) is 0 Å². The molecule has 0 bridgehead atoms. The Morgan fingerprint density at radius 2 is 1.80 bits per heavy atom. The second kappa shape index (κ2) is 12.8. The van der Waals surface area contributed by atoms with Gasteiger partial charge in [0, 0.05) is 13.0 Å². The third-order valence-corrected chi connectivity index (χ3v) is 6.63. The van der Waals surface area contributed by atoms with Gasteiger partial charge in [-0.15, -0.1) is 0 Å². The highest BCUT2D eigenvalue weighted by Gasteiger charge is 2.28. The fraction of sp³-hybridized carbons (Fsp3) is 0.464. The quantitative estimate of drug-likeness (QED) is 0.247. The molecule has 5 nitrogen and oxygen atoms in total. The molecule has 0 aliphatic heterocycles. The zero-order chi connectivity index (χ0) is 25.4. The van der Waals surface area contributed by atoms with Gasteiger partial charge in [0.2, 0.25) is 5.91 Å². The number of carbonyl (C=O) groups excluding carboxylic acids is 1. The molecule has 3 aromatic rings. The van der Waals surface area contributed by atoms with Crippen molar-refractivity contribution in [2.75, 3.05) is 6.54 Å². The normalized spacial score (nSPS) is 12.1. The second-order valence-corrected chi connectivity index (χ2v) is 9.31. The number of fused-ring (bicyclic) bond motifs is 1. The Morgan fingerprint density at radius 1 is 1.06 bits per heavy atom. The summed E-state index contributed by atoms with van der Waals surface area (Å²) in [6.07, 6.45) is 6.94. The Kier molecular flexibility index (Phi) is 9.84. The highest BCUT2D eigenvalue weighted by molar-refractivity contribution is 6.30. The van der Waals surface area contributed by atoms with Gasteiger partial charge < -0.3 is 4.90 Å². The first kappa shape index (κ1) is 26.9. The number of amides is 1. The van der Waals surface area contributed by atoms with E-state index in [9.17, 15) is 14.0 Å². The van der Waals surface area contributed by atoms with Gasteiger partial charge in [0.1, 0.15) is 11.6 Å². The van der Waals surface area contributed by atoms with E-state index in [0.717, 1.165) is 38.5 Å². The maximum absolute atomic E-state index is 14.0. The molecule has 2 aromatic carbocycles. The third kappa shape index (κ3) is 6.29. The zero-order valence-corrected chi connectivity index (χ0v) is 21.7. The minimum atomic E-state index is -0.557. The molecule has 0 spiro atoms. The lowest BCUT2D eigenvalue weighted by molar-refractivity contribution is -0.134. The average molecular weight is 500 g/mol. The molecule has 1 amide bonds. The van der Waals surface area contributed by atoms with Crippen molar-refractivity contribution in [1.29, 1.82) is 0 Å². The number of para-hydroxylation sites is 1. The number of rotatable bonds is 12. The van der Waals surface area contributed by atoms with Crippen molar-refractivity contribution in [3.8, 4) is 5.69 Å². The van der Waals surface area contributed by atoms with Crippen LogP contribution in [-0.4, -0.2) is 26.9 Å². The first-order chi connectivity index (χ1) is 16.9. The number of aromatic nitrogens is 2. The molecule has 0 fully saturated rings. The molecule has 35 heavy (non-hydrogen) atoms. The van der Waals surface area contributed by atoms with Crippen molar-refractivity contribution in [1.82, 2.24) is 14.5 Å². The van der Waals surface area contributed by atoms with Crippen LogP contribution in [0.4, 0.5) is 4.39 Å². The number of benzene rings is 2. The first-order valence-corrected chi connectivity index (χ1v) is 13.1. The molecule has 1 unspecified atom stereocenters. The van der Waals surface area contributed by atoms with Crippen LogP contribution in [-0.2, 0) is 4.79 Å². The molecular formula is C28H35ClFN3O2. The van der Waals surface area contributed by atoms with Crippen molar-refractivity contribution in [2.24, 2.45) is 0 Å². The predicted octanol–water partition coefficient (Wildman–Crippen LogP) is 7.23. The summed E-state index contributed by atoms with van der Waals surface area (Å²) in [5, 5.41) is 0.385. The van der Waals surface area contributed by atoms with Crippen LogP contribution in [0.3, 0.4) is 0 Å². The summed E-state index contributed by atoms with van der Waals surface area (Å²) in [5.74, 6) is -0.0152. The Hall–Kier alpha value is -2.73. The van der Waals surface area contributed by atoms with E-state index >= 15 is 0 Å². The van der Waals surface area contributed by atoms with Crippen LogP contribution in [0.25, 0.3) is 16.6 Å². The number of carbonyl (C=O) groups is 1. The van der Waals surface area contributed by atoms with E-state index in [2.05, 4.69) is 13.8 Å². The summed E-state index contributed by atoms with van der Waals surface area (Å²) in [6, 6.07) is 11.0. The van der Waals surface area contributed by atoms with Crippen molar-refractivity contribution in [3.63, 3.8) is 0 Å². The lowest BCUT2D eigenvalue weighted by Gasteiger charge is -2.32. The number of hydrogen-bond acceptors (Lipinski definition) is 3. The van der Waals surface area contributed by atoms with Crippen LogP contribution < -0.4 is 5.56 Å². The standard InChI is InChI=1S/C28H35ClFN3O2/c1-4-7-9-12-18-32(26(34)15-8-5-2)25(6-3)27-31-24-14-11-10-13-21(24)28(35)33(27)20-16-17-23(30)22(29)19-20/h10-11,13-14,16-17,19,25H,4-9,12,15,18H2,1-3H3. The highest BCUT2D eigenvalue weighted by atomic mass is 35.5. The predicted molar refractivity (Wildman–Crippen MR) is 141 cm³/mol. The van der Waals surface area contributed by atoms with Gasteiger partial charge in [-0.05, 0) is 49.6 Å². The lowest BCUT2D eigenvalue weighted by atomic mass is 10.1. The Balaban J connectivity index is 2.19. The van der Waals surface area contributed by atoms with E-state index in [4.69, 9.17) is 16.6 Å². The maximum atomic E-state index is 14.0. The van der Waals surface area contributed by atoms with Crippen molar-refractivity contribution < 1.29 is 9.18 Å². The van der Waals surface area contributed by atoms with Crippen LogP contribution in [0, 0.1) is 5.82 Å². The molecule has 0 saturated carbocycles. The lowest BCUT2D eigenvalue weighted by Crippen LogP contribution is -2.39. The van der Waals surface area contributed by atoms with E-state index in [1.165, 1.54) is 22.8 Å². The molecule has 0 saturated heterocycles. The molecule has 0 aliphatic rings. The molecule has 188 valence electrons. The van der Waals surface area contributed by atoms with Crippen LogP contribution in [0.15, 0.2) is 47.3 Å². The van der Waals surface area contributed by atoms with Crippen molar-refractivity contribution in [2.45, 2.75) is 78.2 Å². The Bertz CT molecular complexity index is 1210. The maximum Gasteiger partial charge on any atom is 0.266 e. The van der Waals surface area contributed by atoms with Gasteiger partial charge in [-0.25, -0.2) is 9.37 Å². The van der Waals surface area contributed by atoms with Crippen molar-refractivity contribution in [3.05, 3.63) is 69.5 Å². The van der Waals surface area contributed by atoms with Gasteiger partial charge in [0.05, 0.1) is 27.7 Å². The molecular weight excluding hydrogens is 465 g/mol. The number of unbranched alkanes of at least 4 members (excludes halogenated alkanes) is 4. The number of nitrogens with zero attached hydrogens (tertiary/aromatic N) is 3. The molecule has 1 heterocycles. The van der Waals surface area contributed by atoms with E-state index < -0.39 is 11.9 Å². The summed E-state index contributed by atoms with van der Waals surface area (Å²) in [6.45, 7) is 6.83. The third-order valence-electron chi connectivity index (χ3n) is 6.34. The van der Waals surface area contributed by atoms with Crippen molar-refractivity contribution >= 4 is 28.4 Å². The summed E-state index contributed by atoms with van der Waals surface area (Å²) < 4.78 is 15.5. The first-order valence-electron chi connectivity index (χ1n) is 12.7. The van der Waals surface area contributed by atoms with Gasteiger partial charge in [-0.1, -0.05) is 70.2 Å². The summed E-state index contributed by atoms with van der Waals surface area (Å²) in [4.78, 5) is 33.9. The number of hydrogen-bond donors (Lipinski definition) is 0. The topological polar surface area (TPSA) is 55.2 Å². The van der Waals surface area contributed by atoms with Gasteiger partial charge in [-0.3, -0.25) is 14.2 Å². The van der Waals surface area contributed by atoms with E-state index in [0.29, 0.717) is 41.8 Å². The molecule has 7 heteroatoms. The second-order valence-electron chi connectivity index (χ2n) is 8.90. The Labute approximate surface area is 211 Å². The smallest absolute Gasteiger partial charge is 0.266 e. The molecule has 0 aliphatic carbocycles. The van der Waals surface area contributed by atoms with Crippen LogP contribution in [0.5, 0.6) is 0 Å². The van der Waals surface area contributed by atoms with Gasteiger partial charge in [0.25, 0.3) is 5.56 Å².